The Hall–Kier alpha value is -1.02. The van der Waals surface area contributed by atoms with Crippen LogP contribution < -0.4 is 0 Å². The Kier molecular flexibility index (Phi) is 3.06. The molecule has 0 amide bonds. The standard InChI is InChI=1S/C16H23NO/c1-3-9-17-10-11(2)16-13-5-4-6-15(18)12(13)7-8-14(16)17/h4-6,11,14,16,18H,3,7-10H2,1-2H3/t11-,14-,16+/m0/s1. The van der Waals surface area contributed by atoms with E-state index in [-0.39, 0.29) is 0 Å². The van der Waals surface area contributed by atoms with Crippen LogP contribution in [0.2, 0.25) is 0 Å². The molecule has 1 aliphatic carbocycles. The van der Waals surface area contributed by atoms with Gasteiger partial charge in [0.25, 0.3) is 0 Å². The van der Waals surface area contributed by atoms with Gasteiger partial charge in [-0.1, -0.05) is 26.0 Å². The van der Waals surface area contributed by atoms with E-state index >= 15 is 0 Å². The molecule has 98 valence electrons. The minimum absolute atomic E-state index is 0.507. The van der Waals surface area contributed by atoms with Crippen molar-refractivity contribution in [3.63, 3.8) is 0 Å². The number of phenolic OH excluding ortho intramolecular Hbond substituents is 1. The van der Waals surface area contributed by atoms with Gasteiger partial charge >= 0.3 is 0 Å². The summed E-state index contributed by atoms with van der Waals surface area (Å²) in [6.07, 6.45) is 3.48. The van der Waals surface area contributed by atoms with Crippen LogP contribution in [0.3, 0.4) is 0 Å². The molecule has 1 aliphatic heterocycles. The quantitative estimate of drug-likeness (QED) is 0.865. The molecule has 1 aromatic rings. The SMILES string of the molecule is CCCN1C[C@H](C)[C@@H]2c3cccc(O)c3CC[C@@H]21. The number of hydrogen-bond acceptors (Lipinski definition) is 2. The largest absolute Gasteiger partial charge is 0.508 e. The number of hydrogen-bond donors (Lipinski definition) is 1. The van der Waals surface area contributed by atoms with E-state index < -0.39 is 0 Å². The predicted molar refractivity (Wildman–Crippen MR) is 74.0 cm³/mol. The summed E-state index contributed by atoms with van der Waals surface area (Å²) in [5.41, 5.74) is 2.63. The van der Waals surface area contributed by atoms with E-state index in [9.17, 15) is 5.11 Å². The fourth-order valence-corrected chi connectivity index (χ4v) is 4.11. The summed E-state index contributed by atoms with van der Waals surface area (Å²) in [6, 6.07) is 6.78. The van der Waals surface area contributed by atoms with E-state index in [2.05, 4.69) is 24.8 Å². The van der Waals surface area contributed by atoms with Gasteiger partial charge in [0.15, 0.2) is 0 Å². The first-order valence-corrected chi connectivity index (χ1v) is 7.27. The van der Waals surface area contributed by atoms with Crippen LogP contribution >= 0.6 is 0 Å². The molecule has 1 fully saturated rings. The van der Waals surface area contributed by atoms with Crippen LogP contribution in [-0.2, 0) is 6.42 Å². The molecule has 1 aromatic carbocycles. The summed E-state index contributed by atoms with van der Waals surface area (Å²) < 4.78 is 0. The number of phenols is 1. The number of likely N-dealkylation sites (tertiary alicyclic amines) is 1. The van der Waals surface area contributed by atoms with Crippen LogP contribution in [0.4, 0.5) is 0 Å². The lowest BCUT2D eigenvalue weighted by atomic mass is 9.75. The third kappa shape index (κ3) is 1.74. The normalized spacial score (nSPS) is 31.1. The number of fused-ring (bicyclic) bond motifs is 3. The van der Waals surface area contributed by atoms with E-state index in [1.165, 1.54) is 37.1 Å². The van der Waals surface area contributed by atoms with E-state index in [0.717, 1.165) is 6.42 Å². The summed E-state index contributed by atoms with van der Waals surface area (Å²) >= 11 is 0. The highest BCUT2D eigenvalue weighted by molar-refractivity contribution is 5.44. The first-order chi connectivity index (χ1) is 8.72. The molecule has 3 atom stereocenters. The van der Waals surface area contributed by atoms with Crippen LogP contribution in [-0.4, -0.2) is 29.1 Å². The average molecular weight is 245 g/mol. The van der Waals surface area contributed by atoms with Gasteiger partial charge in [-0.2, -0.15) is 0 Å². The van der Waals surface area contributed by atoms with Crippen LogP contribution in [0.15, 0.2) is 18.2 Å². The van der Waals surface area contributed by atoms with Gasteiger partial charge in [-0.3, -0.25) is 4.90 Å². The van der Waals surface area contributed by atoms with Crippen LogP contribution in [0.25, 0.3) is 0 Å². The van der Waals surface area contributed by atoms with Crippen molar-refractivity contribution >= 4 is 0 Å². The molecular formula is C16H23NO. The Balaban J connectivity index is 1.97. The summed E-state index contributed by atoms with van der Waals surface area (Å²) in [4.78, 5) is 2.67. The van der Waals surface area contributed by atoms with Crippen molar-refractivity contribution in [2.45, 2.75) is 45.1 Å². The highest BCUT2D eigenvalue weighted by atomic mass is 16.3. The van der Waals surface area contributed by atoms with Gasteiger partial charge in [-0.25, -0.2) is 0 Å². The Morgan fingerprint density at radius 3 is 3.00 bits per heavy atom. The number of benzene rings is 1. The van der Waals surface area contributed by atoms with Crippen LogP contribution in [0, 0.1) is 5.92 Å². The summed E-state index contributed by atoms with van der Waals surface area (Å²) in [5.74, 6) is 1.85. The fraction of sp³-hybridized carbons (Fsp3) is 0.625. The maximum atomic E-state index is 10.0. The van der Waals surface area contributed by atoms with Crippen molar-refractivity contribution < 1.29 is 5.11 Å². The second-order valence-electron chi connectivity index (χ2n) is 5.95. The minimum atomic E-state index is 0.507. The lowest BCUT2D eigenvalue weighted by Crippen LogP contribution is -2.35. The number of aromatic hydroxyl groups is 1. The molecule has 2 nitrogen and oxygen atoms in total. The Labute approximate surface area is 110 Å². The lowest BCUT2D eigenvalue weighted by molar-refractivity contribution is 0.226. The van der Waals surface area contributed by atoms with E-state index in [1.54, 1.807) is 0 Å². The smallest absolute Gasteiger partial charge is 0.119 e. The topological polar surface area (TPSA) is 23.5 Å². The number of rotatable bonds is 2. The maximum absolute atomic E-state index is 10.0. The molecule has 0 unspecified atom stereocenters. The van der Waals surface area contributed by atoms with Crippen molar-refractivity contribution in [3.8, 4) is 5.75 Å². The first-order valence-electron chi connectivity index (χ1n) is 7.27. The molecule has 1 heterocycles. The maximum Gasteiger partial charge on any atom is 0.119 e. The summed E-state index contributed by atoms with van der Waals surface area (Å²) in [7, 11) is 0. The molecule has 0 saturated carbocycles. The van der Waals surface area contributed by atoms with Gasteiger partial charge in [-0.05, 0) is 48.9 Å². The van der Waals surface area contributed by atoms with Crippen molar-refractivity contribution in [3.05, 3.63) is 29.3 Å². The zero-order valence-electron chi connectivity index (χ0n) is 11.4. The molecule has 2 heteroatoms. The molecule has 0 aromatic heterocycles. The van der Waals surface area contributed by atoms with Gasteiger partial charge in [0.1, 0.15) is 5.75 Å². The van der Waals surface area contributed by atoms with Crippen molar-refractivity contribution in [2.24, 2.45) is 5.92 Å². The van der Waals surface area contributed by atoms with Gasteiger partial charge < -0.3 is 5.11 Å². The van der Waals surface area contributed by atoms with E-state index in [1.807, 2.05) is 12.1 Å². The summed E-state index contributed by atoms with van der Waals surface area (Å²) in [6.45, 7) is 7.07. The molecule has 3 rings (SSSR count). The molecule has 1 N–H and O–H groups in total. The zero-order chi connectivity index (χ0) is 12.7. The van der Waals surface area contributed by atoms with Crippen molar-refractivity contribution in [1.29, 1.82) is 0 Å². The monoisotopic (exact) mass is 245 g/mol. The van der Waals surface area contributed by atoms with E-state index in [4.69, 9.17) is 0 Å². The molecule has 0 spiro atoms. The third-order valence-electron chi connectivity index (χ3n) is 4.77. The second kappa shape index (κ2) is 4.58. The molecule has 0 bridgehead atoms. The second-order valence-corrected chi connectivity index (χ2v) is 5.95. The molecule has 1 saturated heterocycles. The first kappa shape index (κ1) is 12.0. The molecule has 18 heavy (non-hydrogen) atoms. The Morgan fingerprint density at radius 1 is 1.39 bits per heavy atom. The third-order valence-corrected chi connectivity index (χ3v) is 4.77. The number of nitrogens with zero attached hydrogens (tertiary/aromatic N) is 1. The van der Waals surface area contributed by atoms with Gasteiger partial charge in [0.05, 0.1) is 0 Å². The van der Waals surface area contributed by atoms with Gasteiger partial charge in [-0.15, -0.1) is 0 Å². The molecular weight excluding hydrogens is 222 g/mol. The van der Waals surface area contributed by atoms with Crippen molar-refractivity contribution in [1.82, 2.24) is 4.90 Å². The Morgan fingerprint density at radius 2 is 2.22 bits per heavy atom. The van der Waals surface area contributed by atoms with Crippen LogP contribution in [0.5, 0.6) is 5.75 Å². The minimum Gasteiger partial charge on any atom is -0.508 e. The lowest BCUT2D eigenvalue weighted by Gasteiger charge is -2.34. The zero-order valence-corrected chi connectivity index (χ0v) is 11.4. The van der Waals surface area contributed by atoms with Gasteiger partial charge in [0, 0.05) is 18.5 Å². The molecule has 0 radical (unpaired) electrons. The highest BCUT2D eigenvalue weighted by Gasteiger charge is 2.42. The van der Waals surface area contributed by atoms with E-state index in [0.29, 0.717) is 23.6 Å². The predicted octanol–water partition coefficient (Wildman–Crippen LogP) is 3.15. The highest BCUT2D eigenvalue weighted by Crippen LogP contribution is 2.46. The molecule has 2 aliphatic rings. The van der Waals surface area contributed by atoms with Gasteiger partial charge in [0.2, 0.25) is 0 Å². The fourth-order valence-electron chi connectivity index (χ4n) is 4.11. The Bertz CT molecular complexity index is 443. The van der Waals surface area contributed by atoms with Crippen LogP contribution in [0.1, 0.15) is 43.7 Å². The van der Waals surface area contributed by atoms with Crippen molar-refractivity contribution in [2.75, 3.05) is 13.1 Å². The average Bonchev–Trinajstić information content (AvgIpc) is 2.68. The summed E-state index contributed by atoms with van der Waals surface area (Å²) in [5, 5.41) is 10.0.